The zero-order valence-corrected chi connectivity index (χ0v) is 11.3. The molecule has 2 amide bonds. The molecule has 0 bridgehead atoms. The Morgan fingerprint density at radius 2 is 2.26 bits per heavy atom. The lowest BCUT2D eigenvalue weighted by molar-refractivity contribution is -0.0672. The molecule has 2 atom stereocenters. The number of carbonyl (C=O) groups is 1. The topological polar surface area (TPSA) is 82.3 Å². The second-order valence-corrected chi connectivity index (χ2v) is 4.88. The largest absolute Gasteiger partial charge is 0.373 e. The van der Waals surface area contributed by atoms with Crippen molar-refractivity contribution in [2.45, 2.75) is 26.1 Å². The molecule has 0 radical (unpaired) electrons. The van der Waals surface area contributed by atoms with Gasteiger partial charge in [0.05, 0.1) is 24.1 Å². The van der Waals surface area contributed by atoms with Gasteiger partial charge < -0.3 is 15.4 Å². The molecule has 0 unspecified atom stereocenters. The Morgan fingerprint density at radius 1 is 1.53 bits per heavy atom. The molecule has 106 valence electrons. The average molecular weight is 267 g/mol. The predicted octanol–water partition coefficient (Wildman–Crippen LogP) is 0.640. The number of nitrogens with one attached hydrogen (secondary N) is 3. The maximum absolute atomic E-state index is 11.6. The van der Waals surface area contributed by atoms with E-state index in [0.717, 1.165) is 19.6 Å². The number of nitrogens with zero attached hydrogens (tertiary/aromatic N) is 2. The first-order chi connectivity index (χ1) is 9.13. The van der Waals surface area contributed by atoms with Crippen LogP contribution in [0.5, 0.6) is 0 Å². The first-order valence-electron chi connectivity index (χ1n) is 6.55. The molecule has 1 aromatic rings. The summed E-state index contributed by atoms with van der Waals surface area (Å²) in [6, 6.07) is -0.212. The Bertz CT molecular complexity index is 385. The van der Waals surface area contributed by atoms with Crippen LogP contribution in [0.4, 0.5) is 10.5 Å². The van der Waals surface area contributed by atoms with Crippen LogP contribution in [-0.2, 0) is 4.74 Å². The van der Waals surface area contributed by atoms with Crippen molar-refractivity contribution in [1.29, 1.82) is 0 Å². The summed E-state index contributed by atoms with van der Waals surface area (Å²) < 4.78 is 5.66. The van der Waals surface area contributed by atoms with Crippen LogP contribution in [0.25, 0.3) is 0 Å². The maximum Gasteiger partial charge on any atom is 0.319 e. The lowest BCUT2D eigenvalue weighted by Crippen LogP contribution is -2.48. The van der Waals surface area contributed by atoms with Crippen molar-refractivity contribution in [3.63, 3.8) is 0 Å². The van der Waals surface area contributed by atoms with E-state index >= 15 is 0 Å². The second-order valence-electron chi connectivity index (χ2n) is 4.88. The SMILES string of the molecule is C[C@@H]1CN(CCNC(=O)Nc2cn[nH]c2)C[C@@H](C)O1. The summed E-state index contributed by atoms with van der Waals surface area (Å²) in [7, 11) is 0. The highest BCUT2D eigenvalue weighted by atomic mass is 16.5. The van der Waals surface area contributed by atoms with Gasteiger partial charge in [-0.1, -0.05) is 0 Å². The highest BCUT2D eigenvalue weighted by Crippen LogP contribution is 2.09. The molecule has 7 heteroatoms. The molecule has 2 rings (SSSR count). The minimum absolute atomic E-state index is 0.212. The number of carbonyl (C=O) groups excluding carboxylic acids is 1. The van der Waals surface area contributed by atoms with Gasteiger partial charge in [-0.2, -0.15) is 5.10 Å². The van der Waals surface area contributed by atoms with E-state index in [1.165, 1.54) is 0 Å². The summed E-state index contributed by atoms with van der Waals surface area (Å²) in [6.07, 6.45) is 3.70. The minimum Gasteiger partial charge on any atom is -0.373 e. The molecule has 1 saturated heterocycles. The lowest BCUT2D eigenvalue weighted by atomic mass is 10.2. The van der Waals surface area contributed by atoms with Gasteiger partial charge in [-0.3, -0.25) is 10.00 Å². The van der Waals surface area contributed by atoms with E-state index in [1.54, 1.807) is 12.4 Å². The number of hydrogen-bond acceptors (Lipinski definition) is 4. The van der Waals surface area contributed by atoms with Crippen molar-refractivity contribution in [2.75, 3.05) is 31.5 Å². The quantitative estimate of drug-likeness (QED) is 0.747. The van der Waals surface area contributed by atoms with Crippen LogP contribution in [0.1, 0.15) is 13.8 Å². The van der Waals surface area contributed by atoms with Gasteiger partial charge in [-0.15, -0.1) is 0 Å². The number of hydrogen-bond donors (Lipinski definition) is 3. The summed E-state index contributed by atoms with van der Waals surface area (Å²) >= 11 is 0. The lowest BCUT2D eigenvalue weighted by Gasteiger charge is -2.35. The number of aromatic amines is 1. The summed E-state index contributed by atoms with van der Waals surface area (Å²) in [4.78, 5) is 13.9. The first kappa shape index (κ1) is 13.8. The van der Waals surface area contributed by atoms with Crippen LogP contribution in [-0.4, -0.2) is 59.5 Å². The van der Waals surface area contributed by atoms with Crippen LogP contribution >= 0.6 is 0 Å². The van der Waals surface area contributed by atoms with Crippen molar-refractivity contribution in [3.05, 3.63) is 12.4 Å². The predicted molar refractivity (Wildman–Crippen MR) is 72.1 cm³/mol. The fourth-order valence-corrected chi connectivity index (χ4v) is 2.29. The van der Waals surface area contributed by atoms with Crippen molar-refractivity contribution < 1.29 is 9.53 Å². The number of ether oxygens (including phenoxy) is 1. The highest BCUT2D eigenvalue weighted by Gasteiger charge is 2.21. The molecule has 0 aliphatic carbocycles. The molecule has 3 N–H and O–H groups in total. The number of amides is 2. The number of morpholine rings is 1. The van der Waals surface area contributed by atoms with Gasteiger partial charge in [0.2, 0.25) is 0 Å². The van der Waals surface area contributed by atoms with Gasteiger partial charge in [0.1, 0.15) is 0 Å². The van der Waals surface area contributed by atoms with Gasteiger partial charge in [0, 0.05) is 32.4 Å². The molecule has 1 aliphatic rings. The van der Waals surface area contributed by atoms with Crippen molar-refractivity contribution in [1.82, 2.24) is 20.4 Å². The van der Waals surface area contributed by atoms with Gasteiger partial charge in [-0.05, 0) is 13.8 Å². The van der Waals surface area contributed by atoms with Crippen molar-refractivity contribution >= 4 is 11.7 Å². The zero-order valence-electron chi connectivity index (χ0n) is 11.3. The Kier molecular flexibility index (Phi) is 4.75. The number of rotatable bonds is 4. The molecule has 19 heavy (non-hydrogen) atoms. The smallest absolute Gasteiger partial charge is 0.319 e. The molecule has 1 aliphatic heterocycles. The van der Waals surface area contributed by atoms with Crippen LogP contribution in [0, 0.1) is 0 Å². The van der Waals surface area contributed by atoms with E-state index in [2.05, 4.69) is 39.6 Å². The standard InChI is InChI=1S/C12H21N5O2/c1-9-7-17(8-10(2)19-9)4-3-13-12(18)16-11-5-14-15-6-11/h5-6,9-10H,3-4,7-8H2,1-2H3,(H,14,15)(H2,13,16,18)/t9-,10-/m1/s1. The summed E-state index contributed by atoms with van der Waals surface area (Å²) in [5.41, 5.74) is 0.658. The number of anilines is 1. The highest BCUT2D eigenvalue weighted by molar-refractivity contribution is 5.88. The first-order valence-corrected chi connectivity index (χ1v) is 6.55. The van der Waals surface area contributed by atoms with E-state index in [4.69, 9.17) is 4.74 Å². The van der Waals surface area contributed by atoms with E-state index in [0.29, 0.717) is 12.2 Å². The third-order valence-electron chi connectivity index (χ3n) is 2.96. The average Bonchev–Trinajstić information content (AvgIpc) is 2.80. The molecule has 1 aromatic heterocycles. The van der Waals surface area contributed by atoms with E-state index in [9.17, 15) is 4.79 Å². The Hall–Kier alpha value is -1.60. The van der Waals surface area contributed by atoms with E-state index < -0.39 is 0 Å². The Balaban J connectivity index is 1.64. The third kappa shape index (κ3) is 4.53. The normalized spacial score (nSPS) is 24.1. The van der Waals surface area contributed by atoms with Crippen LogP contribution < -0.4 is 10.6 Å². The van der Waals surface area contributed by atoms with Crippen molar-refractivity contribution in [2.24, 2.45) is 0 Å². The molecule has 0 aromatic carbocycles. The van der Waals surface area contributed by atoms with Crippen LogP contribution in [0.2, 0.25) is 0 Å². The fourth-order valence-electron chi connectivity index (χ4n) is 2.29. The van der Waals surface area contributed by atoms with Gasteiger partial charge in [0.25, 0.3) is 0 Å². The van der Waals surface area contributed by atoms with Crippen molar-refractivity contribution in [3.8, 4) is 0 Å². The zero-order chi connectivity index (χ0) is 13.7. The molecular weight excluding hydrogens is 246 g/mol. The van der Waals surface area contributed by atoms with Gasteiger partial charge in [-0.25, -0.2) is 4.79 Å². The molecule has 2 heterocycles. The van der Waals surface area contributed by atoms with E-state index in [1.807, 2.05) is 0 Å². The number of urea groups is 1. The molecular formula is C12H21N5O2. The van der Waals surface area contributed by atoms with Crippen LogP contribution in [0.15, 0.2) is 12.4 Å². The molecule has 1 fully saturated rings. The van der Waals surface area contributed by atoms with Gasteiger partial charge in [0.15, 0.2) is 0 Å². The monoisotopic (exact) mass is 267 g/mol. The second kappa shape index (κ2) is 6.53. The maximum atomic E-state index is 11.6. The molecule has 0 saturated carbocycles. The molecule has 7 nitrogen and oxygen atoms in total. The Morgan fingerprint density at radius 3 is 2.89 bits per heavy atom. The minimum atomic E-state index is -0.212. The summed E-state index contributed by atoms with van der Waals surface area (Å²) in [5.74, 6) is 0. The fraction of sp³-hybridized carbons (Fsp3) is 0.667. The Labute approximate surface area is 112 Å². The molecule has 0 spiro atoms. The summed E-state index contributed by atoms with van der Waals surface area (Å²) in [5, 5.41) is 11.9. The number of aromatic nitrogens is 2. The summed E-state index contributed by atoms with van der Waals surface area (Å²) in [6.45, 7) is 7.41. The third-order valence-corrected chi connectivity index (χ3v) is 2.96. The van der Waals surface area contributed by atoms with Crippen LogP contribution in [0.3, 0.4) is 0 Å². The number of H-pyrrole nitrogens is 1. The van der Waals surface area contributed by atoms with E-state index in [-0.39, 0.29) is 18.2 Å². The van der Waals surface area contributed by atoms with Gasteiger partial charge >= 0.3 is 6.03 Å².